The molecule has 2 aromatic rings. The Hall–Kier alpha value is -2.90. The SMILES string of the molecule is CCOc1cc2c(cc1NC(=O)c1ccc(OC(F)(F)F)cc1)O[C@H](C)C2. The van der Waals surface area contributed by atoms with Crippen molar-refractivity contribution in [1.82, 2.24) is 0 Å². The van der Waals surface area contributed by atoms with Crippen LogP contribution < -0.4 is 19.5 Å². The first-order valence-corrected chi connectivity index (χ1v) is 8.38. The molecule has 1 atom stereocenters. The maximum atomic E-state index is 12.5. The van der Waals surface area contributed by atoms with Gasteiger partial charge in [-0.05, 0) is 44.2 Å². The molecule has 0 saturated carbocycles. The number of fused-ring (bicyclic) bond motifs is 1. The van der Waals surface area contributed by atoms with Crippen molar-refractivity contribution in [2.24, 2.45) is 0 Å². The van der Waals surface area contributed by atoms with Crippen molar-refractivity contribution >= 4 is 11.6 Å². The van der Waals surface area contributed by atoms with Crippen LogP contribution in [0, 0.1) is 0 Å². The molecule has 3 rings (SSSR count). The minimum absolute atomic E-state index is 0.0432. The van der Waals surface area contributed by atoms with Gasteiger partial charge in [0.25, 0.3) is 5.91 Å². The average Bonchev–Trinajstić information content (AvgIpc) is 2.93. The van der Waals surface area contributed by atoms with Crippen LogP contribution in [-0.2, 0) is 6.42 Å². The Morgan fingerprint density at radius 1 is 1.26 bits per heavy atom. The minimum atomic E-state index is -4.78. The van der Waals surface area contributed by atoms with Gasteiger partial charge in [0, 0.05) is 23.6 Å². The number of rotatable bonds is 5. The first-order chi connectivity index (χ1) is 12.7. The maximum absolute atomic E-state index is 12.5. The van der Waals surface area contributed by atoms with Gasteiger partial charge in [-0.3, -0.25) is 4.79 Å². The highest BCUT2D eigenvalue weighted by atomic mass is 19.4. The molecule has 0 aliphatic carbocycles. The van der Waals surface area contributed by atoms with E-state index in [-0.39, 0.29) is 11.7 Å². The Kier molecular flexibility index (Phi) is 5.16. The molecule has 27 heavy (non-hydrogen) atoms. The van der Waals surface area contributed by atoms with E-state index in [4.69, 9.17) is 9.47 Å². The molecule has 1 amide bonds. The first-order valence-electron chi connectivity index (χ1n) is 8.38. The molecule has 1 aliphatic rings. The van der Waals surface area contributed by atoms with Crippen LogP contribution in [0.2, 0.25) is 0 Å². The summed E-state index contributed by atoms with van der Waals surface area (Å²) < 4.78 is 51.7. The van der Waals surface area contributed by atoms with Gasteiger partial charge in [0.15, 0.2) is 0 Å². The van der Waals surface area contributed by atoms with Gasteiger partial charge in [0.1, 0.15) is 23.4 Å². The fourth-order valence-electron chi connectivity index (χ4n) is 2.81. The molecule has 1 heterocycles. The van der Waals surface area contributed by atoms with Crippen LogP contribution in [0.5, 0.6) is 17.2 Å². The molecule has 1 N–H and O–H groups in total. The number of hydrogen-bond acceptors (Lipinski definition) is 4. The molecule has 144 valence electrons. The van der Waals surface area contributed by atoms with E-state index in [0.29, 0.717) is 23.8 Å². The van der Waals surface area contributed by atoms with E-state index >= 15 is 0 Å². The Labute approximate surface area is 154 Å². The number of benzene rings is 2. The molecular formula is C19H18F3NO4. The number of carbonyl (C=O) groups is 1. The highest BCUT2D eigenvalue weighted by Crippen LogP contribution is 2.38. The fraction of sp³-hybridized carbons (Fsp3) is 0.316. The number of anilines is 1. The molecule has 0 bridgehead atoms. The summed E-state index contributed by atoms with van der Waals surface area (Å²) in [6.07, 6.45) is -3.98. The summed E-state index contributed by atoms with van der Waals surface area (Å²) in [7, 11) is 0. The Morgan fingerprint density at radius 2 is 1.96 bits per heavy atom. The Balaban J connectivity index is 1.78. The second-order valence-electron chi connectivity index (χ2n) is 6.05. The quantitative estimate of drug-likeness (QED) is 0.825. The number of hydrogen-bond donors (Lipinski definition) is 1. The molecule has 1 aliphatic heterocycles. The highest BCUT2D eigenvalue weighted by Gasteiger charge is 2.31. The van der Waals surface area contributed by atoms with E-state index in [9.17, 15) is 18.0 Å². The van der Waals surface area contributed by atoms with Crippen molar-refractivity contribution < 1.29 is 32.2 Å². The van der Waals surface area contributed by atoms with Crippen molar-refractivity contribution in [2.75, 3.05) is 11.9 Å². The first kappa shape index (κ1) is 18.9. The summed E-state index contributed by atoms with van der Waals surface area (Å²) >= 11 is 0. The van der Waals surface area contributed by atoms with E-state index in [1.165, 1.54) is 12.1 Å². The topological polar surface area (TPSA) is 56.8 Å². The summed E-state index contributed by atoms with van der Waals surface area (Å²) in [6, 6.07) is 8.20. The van der Waals surface area contributed by atoms with Crippen molar-refractivity contribution in [3.63, 3.8) is 0 Å². The minimum Gasteiger partial charge on any atom is -0.492 e. The summed E-state index contributed by atoms with van der Waals surface area (Å²) in [5.74, 6) is 0.309. The van der Waals surface area contributed by atoms with E-state index < -0.39 is 18.0 Å². The van der Waals surface area contributed by atoms with Gasteiger partial charge in [-0.25, -0.2) is 0 Å². The van der Waals surface area contributed by atoms with Crippen LogP contribution in [0.4, 0.5) is 18.9 Å². The van der Waals surface area contributed by atoms with Crippen LogP contribution in [0.3, 0.4) is 0 Å². The average molecular weight is 381 g/mol. The lowest BCUT2D eigenvalue weighted by Crippen LogP contribution is -2.17. The Bertz CT molecular complexity index is 834. The molecule has 0 saturated heterocycles. The number of amides is 1. The van der Waals surface area contributed by atoms with Crippen molar-refractivity contribution in [3.8, 4) is 17.2 Å². The van der Waals surface area contributed by atoms with Crippen molar-refractivity contribution in [1.29, 1.82) is 0 Å². The summed E-state index contributed by atoms with van der Waals surface area (Å²) in [6.45, 7) is 4.20. The van der Waals surface area contributed by atoms with E-state index in [2.05, 4.69) is 10.1 Å². The van der Waals surface area contributed by atoms with Crippen LogP contribution in [0.15, 0.2) is 36.4 Å². The van der Waals surface area contributed by atoms with Gasteiger partial charge >= 0.3 is 6.36 Å². The number of nitrogens with one attached hydrogen (secondary N) is 1. The molecule has 8 heteroatoms. The zero-order chi connectivity index (χ0) is 19.6. The van der Waals surface area contributed by atoms with Gasteiger partial charge in [-0.2, -0.15) is 0 Å². The van der Waals surface area contributed by atoms with Crippen LogP contribution in [0.1, 0.15) is 29.8 Å². The summed E-state index contributed by atoms with van der Waals surface area (Å²) in [5, 5.41) is 2.72. The summed E-state index contributed by atoms with van der Waals surface area (Å²) in [4.78, 5) is 12.5. The number of alkyl halides is 3. The highest BCUT2D eigenvalue weighted by molar-refractivity contribution is 6.05. The predicted octanol–water partition coefficient (Wildman–Crippen LogP) is 4.56. The zero-order valence-corrected chi connectivity index (χ0v) is 14.7. The van der Waals surface area contributed by atoms with Crippen LogP contribution in [0.25, 0.3) is 0 Å². The van der Waals surface area contributed by atoms with Gasteiger partial charge in [0.2, 0.25) is 0 Å². The third kappa shape index (κ3) is 4.64. The second-order valence-corrected chi connectivity index (χ2v) is 6.05. The second kappa shape index (κ2) is 7.38. The molecule has 0 aromatic heterocycles. The number of carbonyl (C=O) groups excluding carboxylic acids is 1. The predicted molar refractivity (Wildman–Crippen MR) is 92.5 cm³/mol. The molecule has 0 fully saturated rings. The number of ether oxygens (including phenoxy) is 3. The normalized spacial score (nSPS) is 15.7. The lowest BCUT2D eigenvalue weighted by Gasteiger charge is -2.14. The number of halogens is 3. The molecule has 5 nitrogen and oxygen atoms in total. The van der Waals surface area contributed by atoms with E-state index in [1.807, 2.05) is 19.9 Å². The van der Waals surface area contributed by atoms with E-state index in [1.54, 1.807) is 6.07 Å². The molecular weight excluding hydrogens is 363 g/mol. The largest absolute Gasteiger partial charge is 0.573 e. The molecule has 0 radical (unpaired) electrons. The van der Waals surface area contributed by atoms with Gasteiger partial charge in [0.05, 0.1) is 12.3 Å². The van der Waals surface area contributed by atoms with Crippen molar-refractivity contribution in [3.05, 3.63) is 47.5 Å². The Morgan fingerprint density at radius 3 is 2.59 bits per heavy atom. The summed E-state index contributed by atoms with van der Waals surface area (Å²) in [5.41, 5.74) is 1.62. The van der Waals surface area contributed by atoms with Gasteiger partial charge in [-0.15, -0.1) is 13.2 Å². The monoisotopic (exact) mass is 381 g/mol. The van der Waals surface area contributed by atoms with Gasteiger partial charge in [-0.1, -0.05) is 0 Å². The van der Waals surface area contributed by atoms with Gasteiger partial charge < -0.3 is 19.5 Å². The lowest BCUT2D eigenvalue weighted by molar-refractivity contribution is -0.274. The zero-order valence-electron chi connectivity index (χ0n) is 14.7. The van der Waals surface area contributed by atoms with Crippen molar-refractivity contribution in [2.45, 2.75) is 32.7 Å². The molecule has 2 aromatic carbocycles. The third-order valence-electron chi connectivity index (χ3n) is 3.90. The smallest absolute Gasteiger partial charge is 0.492 e. The third-order valence-corrected chi connectivity index (χ3v) is 3.90. The van der Waals surface area contributed by atoms with Crippen LogP contribution >= 0.6 is 0 Å². The lowest BCUT2D eigenvalue weighted by atomic mass is 10.1. The molecule has 0 spiro atoms. The molecule has 0 unspecified atom stereocenters. The van der Waals surface area contributed by atoms with E-state index in [0.717, 1.165) is 24.1 Å². The van der Waals surface area contributed by atoms with Crippen LogP contribution in [-0.4, -0.2) is 25.0 Å². The maximum Gasteiger partial charge on any atom is 0.573 e. The standard InChI is InChI=1S/C19H18F3NO4/c1-3-25-17-9-13-8-11(2)26-16(13)10-15(17)23-18(24)12-4-6-14(7-5-12)27-19(20,21)22/h4-7,9-11H,3,8H2,1-2H3,(H,23,24)/t11-/m1/s1. The fourth-order valence-corrected chi connectivity index (χ4v) is 2.81.